The number of esters is 1. The van der Waals surface area contributed by atoms with Crippen LogP contribution in [-0.4, -0.2) is 19.3 Å². The predicted octanol–water partition coefficient (Wildman–Crippen LogP) is 7.33. The highest BCUT2D eigenvalue weighted by atomic mass is 79.9. The van der Waals surface area contributed by atoms with Crippen LogP contribution in [-0.2, 0) is 23.9 Å². The third-order valence-electron chi connectivity index (χ3n) is 5.31. The quantitative estimate of drug-likeness (QED) is 0.296. The van der Waals surface area contributed by atoms with Crippen LogP contribution < -0.4 is 4.74 Å². The maximum atomic E-state index is 13.3. The van der Waals surface area contributed by atoms with Gasteiger partial charge >= 0.3 is 12.1 Å². The summed E-state index contributed by atoms with van der Waals surface area (Å²) >= 11 is 4.72. The molecule has 1 aliphatic rings. The zero-order chi connectivity index (χ0) is 23.6. The number of carbonyl (C=O) groups is 1. The van der Waals surface area contributed by atoms with E-state index in [1.807, 2.05) is 24.4 Å². The minimum absolute atomic E-state index is 0.00193. The van der Waals surface area contributed by atoms with E-state index in [0.717, 1.165) is 33.1 Å². The van der Waals surface area contributed by atoms with Crippen LogP contribution >= 0.6 is 27.3 Å². The number of carbonyl (C=O) groups excluding carboxylic acids is 1. The highest BCUT2D eigenvalue weighted by Gasteiger charge is 2.33. The molecule has 1 aliphatic heterocycles. The topological polar surface area (TPSA) is 47.9 Å². The molecule has 0 amide bonds. The second-order valence-corrected chi connectivity index (χ2v) is 9.52. The molecule has 3 aromatic rings. The number of benzene rings is 2. The van der Waals surface area contributed by atoms with Crippen molar-refractivity contribution in [2.75, 3.05) is 7.11 Å². The first kappa shape index (κ1) is 23.5. The summed E-state index contributed by atoms with van der Waals surface area (Å²) in [5.74, 6) is -0.215. The lowest BCUT2D eigenvalue weighted by Crippen LogP contribution is -2.11. The molecule has 2 aromatic carbocycles. The molecule has 0 saturated heterocycles. The SMILES string of the molecule is COC(=O)c1sc(CCC2C=Nc3ccc(Br)cc32)cc1OCc1ccccc1C(F)(F)F. The number of hydrogen-bond donors (Lipinski definition) is 0. The van der Waals surface area contributed by atoms with Crippen molar-refractivity contribution in [2.45, 2.75) is 31.5 Å². The van der Waals surface area contributed by atoms with Crippen LogP contribution in [0.2, 0.25) is 0 Å². The summed E-state index contributed by atoms with van der Waals surface area (Å²) in [5.41, 5.74) is 1.31. The molecule has 1 atom stereocenters. The van der Waals surface area contributed by atoms with Crippen molar-refractivity contribution in [3.8, 4) is 5.75 Å². The van der Waals surface area contributed by atoms with Gasteiger partial charge in [-0.05, 0) is 48.7 Å². The van der Waals surface area contributed by atoms with Gasteiger partial charge in [-0.2, -0.15) is 13.2 Å². The molecule has 1 aromatic heterocycles. The number of aryl methyl sites for hydroxylation is 1. The van der Waals surface area contributed by atoms with Crippen LogP contribution in [0.3, 0.4) is 0 Å². The molecule has 0 bridgehead atoms. The van der Waals surface area contributed by atoms with E-state index in [-0.39, 0.29) is 28.7 Å². The third kappa shape index (κ3) is 5.30. The molecule has 1 unspecified atom stereocenters. The van der Waals surface area contributed by atoms with Crippen molar-refractivity contribution in [1.29, 1.82) is 0 Å². The smallest absolute Gasteiger partial charge is 0.416 e. The normalized spacial score (nSPS) is 14.9. The fourth-order valence-electron chi connectivity index (χ4n) is 3.68. The van der Waals surface area contributed by atoms with Gasteiger partial charge in [-0.3, -0.25) is 4.99 Å². The third-order valence-corrected chi connectivity index (χ3v) is 6.96. The Balaban J connectivity index is 1.50. The van der Waals surface area contributed by atoms with Gasteiger partial charge < -0.3 is 9.47 Å². The first-order valence-corrected chi connectivity index (χ1v) is 11.7. The minimum Gasteiger partial charge on any atom is -0.487 e. The Hall–Kier alpha value is -2.65. The maximum Gasteiger partial charge on any atom is 0.416 e. The molecule has 172 valence electrons. The summed E-state index contributed by atoms with van der Waals surface area (Å²) in [6.07, 6.45) is -1.15. The molecule has 4 rings (SSSR count). The van der Waals surface area contributed by atoms with E-state index in [9.17, 15) is 18.0 Å². The lowest BCUT2D eigenvalue weighted by molar-refractivity contribution is -0.138. The fourth-order valence-corrected chi connectivity index (χ4v) is 5.10. The van der Waals surface area contributed by atoms with Crippen LogP contribution in [0.15, 0.2) is 58.0 Å². The van der Waals surface area contributed by atoms with Gasteiger partial charge in [0, 0.05) is 27.0 Å². The van der Waals surface area contributed by atoms with Crippen LogP contribution in [0, 0.1) is 0 Å². The van der Waals surface area contributed by atoms with E-state index in [1.165, 1.54) is 36.6 Å². The van der Waals surface area contributed by atoms with Gasteiger partial charge in [-0.1, -0.05) is 34.1 Å². The number of methoxy groups -OCH3 is 1. The Labute approximate surface area is 201 Å². The molecule has 0 radical (unpaired) electrons. The van der Waals surface area contributed by atoms with Gasteiger partial charge in [0.05, 0.1) is 18.4 Å². The molecule has 0 fully saturated rings. The molecule has 0 saturated carbocycles. The average molecular weight is 538 g/mol. The largest absolute Gasteiger partial charge is 0.487 e. The van der Waals surface area contributed by atoms with Gasteiger partial charge in [0.25, 0.3) is 0 Å². The maximum absolute atomic E-state index is 13.3. The Kier molecular flexibility index (Phi) is 6.90. The summed E-state index contributed by atoms with van der Waals surface area (Å²) in [6.45, 7) is -0.313. The van der Waals surface area contributed by atoms with Gasteiger partial charge in [0.1, 0.15) is 12.4 Å². The lowest BCUT2D eigenvalue weighted by atomic mass is 9.96. The second-order valence-electron chi connectivity index (χ2n) is 7.47. The van der Waals surface area contributed by atoms with E-state index in [2.05, 4.69) is 20.9 Å². The van der Waals surface area contributed by atoms with Crippen molar-refractivity contribution in [3.05, 3.63) is 79.4 Å². The number of nitrogens with zero attached hydrogens (tertiary/aromatic N) is 1. The molecule has 33 heavy (non-hydrogen) atoms. The summed E-state index contributed by atoms with van der Waals surface area (Å²) in [5, 5.41) is 0. The molecule has 0 spiro atoms. The molecule has 2 heterocycles. The minimum atomic E-state index is -4.49. The zero-order valence-corrected chi connectivity index (χ0v) is 19.9. The summed E-state index contributed by atoms with van der Waals surface area (Å²) in [4.78, 5) is 17.8. The monoisotopic (exact) mass is 537 g/mol. The molecule has 4 nitrogen and oxygen atoms in total. The second kappa shape index (κ2) is 9.69. The van der Waals surface area contributed by atoms with Crippen molar-refractivity contribution in [1.82, 2.24) is 0 Å². The molecule has 9 heteroatoms. The molecule has 0 aliphatic carbocycles. The van der Waals surface area contributed by atoms with Crippen molar-refractivity contribution >= 4 is 45.1 Å². The van der Waals surface area contributed by atoms with Crippen LogP contribution in [0.25, 0.3) is 0 Å². The number of aliphatic imine (C=N–C) groups is 1. The van der Waals surface area contributed by atoms with Crippen molar-refractivity contribution in [2.24, 2.45) is 4.99 Å². The zero-order valence-electron chi connectivity index (χ0n) is 17.5. The van der Waals surface area contributed by atoms with Gasteiger partial charge in [0.2, 0.25) is 0 Å². The summed E-state index contributed by atoms with van der Waals surface area (Å²) < 4.78 is 51.3. The molecular formula is C24H19BrF3NO3S. The highest BCUT2D eigenvalue weighted by molar-refractivity contribution is 9.10. The van der Waals surface area contributed by atoms with E-state index < -0.39 is 17.7 Å². The molecular weight excluding hydrogens is 519 g/mol. The Morgan fingerprint density at radius 1 is 1.18 bits per heavy atom. The summed E-state index contributed by atoms with van der Waals surface area (Å²) in [6, 6.07) is 12.9. The van der Waals surface area contributed by atoms with Gasteiger partial charge in [-0.25, -0.2) is 4.79 Å². The van der Waals surface area contributed by atoms with E-state index in [4.69, 9.17) is 9.47 Å². The number of halogens is 4. The number of rotatable bonds is 7. The highest BCUT2D eigenvalue weighted by Crippen LogP contribution is 2.39. The number of thiophene rings is 1. The van der Waals surface area contributed by atoms with E-state index in [1.54, 1.807) is 6.07 Å². The van der Waals surface area contributed by atoms with Gasteiger partial charge in [-0.15, -0.1) is 11.3 Å². The average Bonchev–Trinajstić information content (AvgIpc) is 3.38. The number of ether oxygens (including phenoxy) is 2. The Bertz CT molecular complexity index is 1210. The van der Waals surface area contributed by atoms with E-state index in [0.29, 0.717) is 6.42 Å². The Morgan fingerprint density at radius 2 is 1.97 bits per heavy atom. The predicted molar refractivity (Wildman–Crippen MR) is 125 cm³/mol. The van der Waals surface area contributed by atoms with Gasteiger partial charge in [0.15, 0.2) is 4.88 Å². The van der Waals surface area contributed by atoms with Crippen LogP contribution in [0.4, 0.5) is 18.9 Å². The Morgan fingerprint density at radius 3 is 2.73 bits per heavy atom. The molecule has 0 N–H and O–H groups in total. The first-order valence-electron chi connectivity index (χ1n) is 10.1. The van der Waals surface area contributed by atoms with Crippen molar-refractivity contribution in [3.63, 3.8) is 0 Å². The standard InChI is InChI=1S/C24H19BrF3NO3S/c1-31-23(30)22-21(32-13-15-4-2-3-5-19(15)24(26,27)28)11-17(33-22)8-6-14-12-29-20-9-7-16(25)10-18(14)20/h2-5,7,9-12,14H,6,8,13H2,1H3. The number of alkyl halides is 3. The fraction of sp³-hybridized carbons (Fsp3) is 0.250. The van der Waals surface area contributed by atoms with Crippen molar-refractivity contribution < 1.29 is 27.4 Å². The van der Waals surface area contributed by atoms with E-state index >= 15 is 0 Å². The summed E-state index contributed by atoms with van der Waals surface area (Å²) in [7, 11) is 1.26. The van der Waals surface area contributed by atoms with Crippen LogP contribution in [0.5, 0.6) is 5.75 Å². The number of fused-ring (bicyclic) bond motifs is 1. The first-order chi connectivity index (χ1) is 15.8. The van der Waals surface area contributed by atoms with Crippen LogP contribution in [0.1, 0.15) is 43.6 Å². The number of hydrogen-bond acceptors (Lipinski definition) is 5. The lowest BCUT2D eigenvalue weighted by Gasteiger charge is -2.13.